The van der Waals surface area contributed by atoms with Gasteiger partial charge in [-0.3, -0.25) is 9.59 Å². The second-order valence-corrected chi connectivity index (χ2v) is 11.5. The molecule has 1 fully saturated rings. The lowest BCUT2D eigenvalue weighted by Gasteiger charge is -2.46. The number of Topliss-reactive ketones (excluding diaryl/α,β-unsaturated/α-hetero) is 1. The van der Waals surface area contributed by atoms with Crippen molar-refractivity contribution >= 4 is 11.8 Å². The van der Waals surface area contributed by atoms with E-state index in [1.54, 1.807) is 0 Å². The Morgan fingerprint density at radius 3 is 1.40 bits per heavy atom. The molecule has 1 aliphatic rings. The third-order valence-corrected chi connectivity index (χ3v) is 7.98. The van der Waals surface area contributed by atoms with Crippen molar-refractivity contribution in [1.29, 1.82) is 0 Å². The first-order valence-electron chi connectivity index (χ1n) is 15.9. The molecular weight excluding hydrogens is 596 g/mol. The summed E-state index contributed by atoms with van der Waals surface area (Å²) in [5.74, 6) is -0.916. The highest BCUT2D eigenvalue weighted by Gasteiger charge is 2.49. The summed E-state index contributed by atoms with van der Waals surface area (Å²) in [7, 11) is 1.26. The van der Waals surface area contributed by atoms with Gasteiger partial charge in [-0.15, -0.1) is 0 Å². The van der Waals surface area contributed by atoms with Gasteiger partial charge in [0, 0.05) is 6.42 Å². The van der Waals surface area contributed by atoms with Crippen molar-refractivity contribution in [2.45, 2.75) is 69.8 Å². The lowest BCUT2D eigenvalue weighted by Crippen LogP contribution is -2.61. The number of rotatable bonds is 17. The van der Waals surface area contributed by atoms with E-state index in [9.17, 15) is 9.59 Å². The van der Waals surface area contributed by atoms with Gasteiger partial charge in [-0.25, -0.2) is 0 Å². The molecule has 0 bridgehead atoms. The summed E-state index contributed by atoms with van der Waals surface area (Å²) in [6, 6.07) is 39.5. The number of benzene rings is 4. The minimum atomic E-state index is -0.737. The number of ketones is 1. The lowest BCUT2D eigenvalue weighted by molar-refractivity contribution is -0.272. The Kier molecular flexibility index (Phi) is 13.3. The van der Waals surface area contributed by atoms with Gasteiger partial charge in [0.15, 0.2) is 0 Å². The molecule has 8 heteroatoms. The van der Waals surface area contributed by atoms with Crippen LogP contribution in [0.4, 0.5) is 0 Å². The van der Waals surface area contributed by atoms with E-state index >= 15 is 0 Å². The Morgan fingerprint density at radius 2 is 0.957 bits per heavy atom. The SMILES string of the molecule is COC(=O)CC(=O)C[C@H]1O[C@H](COCc2ccccc2)[C@H](OCc2ccccc2)[C@H](OCc2ccccc2)[C@H]1OCc1ccccc1. The molecule has 5 atom stereocenters. The fourth-order valence-electron chi connectivity index (χ4n) is 5.58. The quantitative estimate of drug-likeness (QED) is 0.0991. The lowest BCUT2D eigenvalue weighted by atomic mass is 9.91. The fourth-order valence-corrected chi connectivity index (χ4v) is 5.58. The van der Waals surface area contributed by atoms with Gasteiger partial charge >= 0.3 is 5.97 Å². The molecule has 0 aliphatic carbocycles. The molecule has 1 saturated heterocycles. The molecule has 5 rings (SSSR count). The summed E-state index contributed by atoms with van der Waals surface area (Å²) in [6.45, 7) is 1.44. The van der Waals surface area contributed by atoms with Crippen LogP contribution in [-0.4, -0.2) is 56.0 Å². The average molecular weight is 639 g/mol. The molecule has 0 aromatic heterocycles. The first-order valence-corrected chi connectivity index (χ1v) is 15.9. The third-order valence-electron chi connectivity index (χ3n) is 7.98. The molecule has 0 unspecified atom stereocenters. The molecule has 0 radical (unpaired) electrons. The maximum atomic E-state index is 13.1. The van der Waals surface area contributed by atoms with Gasteiger partial charge in [0.05, 0.1) is 46.2 Å². The monoisotopic (exact) mass is 638 g/mol. The summed E-state index contributed by atoms with van der Waals surface area (Å²) >= 11 is 0. The molecule has 246 valence electrons. The zero-order valence-electron chi connectivity index (χ0n) is 26.6. The first-order chi connectivity index (χ1) is 23.1. The molecule has 4 aromatic rings. The van der Waals surface area contributed by atoms with E-state index in [1.165, 1.54) is 7.11 Å². The van der Waals surface area contributed by atoms with Gasteiger partial charge in [0.2, 0.25) is 0 Å². The van der Waals surface area contributed by atoms with Gasteiger partial charge in [-0.2, -0.15) is 0 Å². The van der Waals surface area contributed by atoms with Crippen molar-refractivity contribution in [3.8, 4) is 0 Å². The minimum absolute atomic E-state index is 0.0691. The van der Waals surface area contributed by atoms with Gasteiger partial charge in [-0.05, 0) is 22.3 Å². The van der Waals surface area contributed by atoms with Gasteiger partial charge in [0.1, 0.15) is 36.6 Å². The van der Waals surface area contributed by atoms with Crippen molar-refractivity contribution in [1.82, 2.24) is 0 Å². The molecule has 1 heterocycles. The Labute approximate surface area is 276 Å². The second kappa shape index (κ2) is 18.2. The molecule has 1 aliphatic heterocycles. The van der Waals surface area contributed by atoms with Crippen LogP contribution < -0.4 is 0 Å². The molecule has 47 heavy (non-hydrogen) atoms. The van der Waals surface area contributed by atoms with Gasteiger partial charge in [0.25, 0.3) is 0 Å². The van der Waals surface area contributed by atoms with Gasteiger partial charge in [-0.1, -0.05) is 121 Å². The predicted molar refractivity (Wildman–Crippen MR) is 176 cm³/mol. The summed E-state index contributed by atoms with van der Waals surface area (Å²) < 4.78 is 37.5. The van der Waals surface area contributed by atoms with Crippen LogP contribution in [0.15, 0.2) is 121 Å². The first kappa shape index (κ1) is 34.2. The van der Waals surface area contributed by atoms with Crippen LogP contribution in [0.25, 0.3) is 0 Å². The Morgan fingerprint density at radius 1 is 0.553 bits per heavy atom. The number of carbonyl (C=O) groups is 2. The topological polar surface area (TPSA) is 89.5 Å². The zero-order chi connectivity index (χ0) is 32.7. The average Bonchev–Trinajstić information content (AvgIpc) is 3.11. The zero-order valence-corrected chi connectivity index (χ0v) is 26.6. The van der Waals surface area contributed by atoms with Crippen LogP contribution in [0.2, 0.25) is 0 Å². The number of ether oxygens (including phenoxy) is 6. The van der Waals surface area contributed by atoms with E-state index in [1.807, 2.05) is 121 Å². The number of hydrogen-bond donors (Lipinski definition) is 0. The van der Waals surface area contributed by atoms with Crippen molar-refractivity contribution in [3.63, 3.8) is 0 Å². The van der Waals surface area contributed by atoms with Crippen LogP contribution in [0, 0.1) is 0 Å². The number of hydrogen-bond acceptors (Lipinski definition) is 8. The summed E-state index contributed by atoms with van der Waals surface area (Å²) in [6.07, 6.45) is -3.72. The fraction of sp³-hybridized carbons (Fsp3) is 0.333. The molecule has 0 saturated carbocycles. The van der Waals surface area contributed by atoms with Crippen LogP contribution in [0.3, 0.4) is 0 Å². The van der Waals surface area contributed by atoms with E-state index in [0.29, 0.717) is 19.8 Å². The Hall–Kier alpha value is -4.18. The van der Waals surface area contributed by atoms with Crippen LogP contribution in [-0.2, 0) is 64.4 Å². The molecule has 4 aromatic carbocycles. The number of esters is 1. The van der Waals surface area contributed by atoms with E-state index in [-0.39, 0.29) is 31.8 Å². The standard InChI is InChI=1S/C39H42O8/c1-42-36(41)23-33(40)22-34-37(44-25-30-16-8-3-9-17-30)39(46-27-32-20-12-5-13-21-32)38(45-26-31-18-10-4-11-19-31)35(47-34)28-43-24-29-14-6-2-7-15-29/h2-21,34-35,37-39H,22-28H2,1H3/t34-,35-,37+,38+,39-/m1/s1. The maximum Gasteiger partial charge on any atom is 0.313 e. The third kappa shape index (κ3) is 10.7. The van der Waals surface area contributed by atoms with Crippen molar-refractivity contribution in [3.05, 3.63) is 144 Å². The highest BCUT2D eigenvalue weighted by atomic mass is 16.6. The maximum absolute atomic E-state index is 13.1. The van der Waals surface area contributed by atoms with Crippen LogP contribution in [0.1, 0.15) is 35.1 Å². The number of methoxy groups -OCH3 is 1. The highest BCUT2D eigenvalue weighted by molar-refractivity contribution is 5.95. The van der Waals surface area contributed by atoms with E-state index in [2.05, 4.69) is 0 Å². The second-order valence-electron chi connectivity index (χ2n) is 11.5. The smallest absolute Gasteiger partial charge is 0.313 e. The van der Waals surface area contributed by atoms with Crippen LogP contribution >= 0.6 is 0 Å². The van der Waals surface area contributed by atoms with E-state index < -0.39 is 36.5 Å². The highest BCUT2D eigenvalue weighted by Crippen LogP contribution is 2.32. The van der Waals surface area contributed by atoms with E-state index in [4.69, 9.17) is 28.4 Å². The van der Waals surface area contributed by atoms with Crippen molar-refractivity contribution in [2.75, 3.05) is 13.7 Å². The molecule has 0 spiro atoms. The summed E-state index contributed by atoms with van der Waals surface area (Å²) in [5.41, 5.74) is 3.97. The Bertz CT molecular complexity index is 1480. The molecule has 8 nitrogen and oxygen atoms in total. The van der Waals surface area contributed by atoms with Crippen molar-refractivity contribution in [2.24, 2.45) is 0 Å². The normalized spacial score (nSPS) is 20.8. The van der Waals surface area contributed by atoms with E-state index in [0.717, 1.165) is 22.3 Å². The molecule has 0 N–H and O–H groups in total. The minimum Gasteiger partial charge on any atom is -0.469 e. The molecular formula is C39H42O8. The summed E-state index contributed by atoms with van der Waals surface area (Å²) in [4.78, 5) is 25.2. The largest absolute Gasteiger partial charge is 0.469 e. The molecule has 0 amide bonds. The number of carbonyl (C=O) groups excluding carboxylic acids is 2. The van der Waals surface area contributed by atoms with Crippen molar-refractivity contribution < 1.29 is 38.0 Å². The Balaban J connectivity index is 1.45. The predicted octanol–water partition coefficient (Wildman–Crippen LogP) is 6.25. The summed E-state index contributed by atoms with van der Waals surface area (Å²) in [5, 5.41) is 0. The van der Waals surface area contributed by atoms with Gasteiger partial charge < -0.3 is 28.4 Å². The van der Waals surface area contributed by atoms with Crippen LogP contribution in [0.5, 0.6) is 0 Å².